The fourth-order valence-electron chi connectivity index (χ4n) is 1.67. The predicted octanol–water partition coefficient (Wildman–Crippen LogP) is 3.49. The number of ether oxygens (including phenoxy) is 1. The van der Waals surface area contributed by atoms with E-state index in [1.807, 2.05) is 61.5 Å². The summed E-state index contributed by atoms with van der Waals surface area (Å²) in [5.74, 6) is -0.234. The Kier molecular flexibility index (Phi) is 5.07. The van der Waals surface area contributed by atoms with E-state index in [0.29, 0.717) is 12.3 Å². The van der Waals surface area contributed by atoms with Gasteiger partial charge in [0.15, 0.2) is 0 Å². The van der Waals surface area contributed by atoms with E-state index < -0.39 is 0 Å². The number of anilines is 1. The average molecular weight is 287 g/mol. The van der Waals surface area contributed by atoms with Gasteiger partial charge in [-0.15, -0.1) is 11.8 Å². The molecule has 0 heterocycles. The number of nitrogens with two attached hydrogens (primary N) is 1. The summed E-state index contributed by atoms with van der Waals surface area (Å²) < 4.78 is 5.30. The van der Waals surface area contributed by atoms with E-state index in [0.717, 1.165) is 10.5 Å². The Hall–Kier alpha value is -1.94. The summed E-state index contributed by atoms with van der Waals surface area (Å²) in [6.07, 6.45) is 0. The monoisotopic (exact) mass is 287 g/mol. The first-order valence-electron chi connectivity index (χ1n) is 6.38. The van der Waals surface area contributed by atoms with E-state index in [1.54, 1.807) is 0 Å². The van der Waals surface area contributed by atoms with Crippen LogP contribution in [-0.2, 0) is 16.1 Å². The molecule has 2 rings (SSSR count). The highest BCUT2D eigenvalue weighted by molar-refractivity contribution is 8.00. The van der Waals surface area contributed by atoms with Crippen molar-refractivity contribution in [1.29, 1.82) is 0 Å². The van der Waals surface area contributed by atoms with Gasteiger partial charge in [0.05, 0.1) is 0 Å². The van der Waals surface area contributed by atoms with Crippen molar-refractivity contribution in [3.8, 4) is 0 Å². The number of hydrogen-bond acceptors (Lipinski definition) is 4. The molecule has 0 fully saturated rings. The zero-order chi connectivity index (χ0) is 14.4. The molecule has 0 aliphatic rings. The van der Waals surface area contributed by atoms with Gasteiger partial charge in [0.1, 0.15) is 11.9 Å². The Morgan fingerprint density at radius 1 is 1.15 bits per heavy atom. The first-order valence-corrected chi connectivity index (χ1v) is 7.26. The maximum Gasteiger partial charge on any atom is 0.319 e. The van der Waals surface area contributed by atoms with Gasteiger partial charge >= 0.3 is 5.97 Å². The number of carbonyl (C=O) groups excluding carboxylic acids is 1. The van der Waals surface area contributed by atoms with Crippen LogP contribution in [-0.4, -0.2) is 11.2 Å². The largest absolute Gasteiger partial charge is 0.460 e. The van der Waals surface area contributed by atoms with E-state index in [4.69, 9.17) is 10.5 Å². The zero-order valence-corrected chi connectivity index (χ0v) is 12.1. The number of esters is 1. The van der Waals surface area contributed by atoms with Gasteiger partial charge in [-0.2, -0.15) is 0 Å². The molecule has 4 heteroatoms. The van der Waals surface area contributed by atoms with Gasteiger partial charge in [-0.25, -0.2) is 0 Å². The lowest BCUT2D eigenvalue weighted by Crippen LogP contribution is -2.16. The second-order valence-corrected chi connectivity index (χ2v) is 5.77. The number of rotatable bonds is 5. The van der Waals surface area contributed by atoms with Crippen LogP contribution in [0.3, 0.4) is 0 Å². The molecule has 0 amide bonds. The second kappa shape index (κ2) is 7.01. The Bertz CT molecular complexity index is 572. The maximum atomic E-state index is 11.9. The van der Waals surface area contributed by atoms with E-state index in [1.165, 1.54) is 11.8 Å². The standard InChI is InChI=1S/C16H17NO2S/c1-12(20-15-10-6-5-9-14(15)17)16(18)19-11-13-7-3-2-4-8-13/h2-10,12H,11,17H2,1H3. The van der Waals surface area contributed by atoms with Crippen LogP contribution in [0.5, 0.6) is 0 Å². The molecule has 1 unspecified atom stereocenters. The Labute approximate surface area is 123 Å². The van der Waals surface area contributed by atoms with Gasteiger partial charge in [-0.1, -0.05) is 42.5 Å². The average Bonchev–Trinajstić information content (AvgIpc) is 2.48. The number of carbonyl (C=O) groups is 1. The third-order valence-corrected chi connectivity index (χ3v) is 3.95. The van der Waals surface area contributed by atoms with Crippen LogP contribution in [0.4, 0.5) is 5.69 Å². The minimum Gasteiger partial charge on any atom is -0.460 e. The van der Waals surface area contributed by atoms with Gasteiger partial charge in [0.2, 0.25) is 0 Å². The third-order valence-electron chi connectivity index (χ3n) is 2.78. The normalized spacial score (nSPS) is 11.8. The summed E-state index contributed by atoms with van der Waals surface area (Å²) in [5, 5.41) is -0.289. The molecule has 0 bridgehead atoms. The molecule has 0 aliphatic carbocycles. The minimum absolute atomic E-state index is 0.234. The molecule has 0 spiro atoms. The lowest BCUT2D eigenvalue weighted by atomic mass is 10.2. The van der Waals surface area contributed by atoms with Crippen LogP contribution >= 0.6 is 11.8 Å². The number of hydrogen-bond donors (Lipinski definition) is 1. The Morgan fingerprint density at radius 3 is 2.50 bits per heavy atom. The van der Waals surface area contributed by atoms with Crippen molar-refractivity contribution in [2.24, 2.45) is 0 Å². The lowest BCUT2D eigenvalue weighted by Gasteiger charge is -2.12. The third kappa shape index (κ3) is 4.03. The molecule has 2 N–H and O–H groups in total. The van der Waals surface area contributed by atoms with E-state index in [-0.39, 0.29) is 11.2 Å². The summed E-state index contributed by atoms with van der Waals surface area (Å²) in [5.41, 5.74) is 7.53. The molecule has 0 saturated carbocycles. The van der Waals surface area contributed by atoms with Crippen molar-refractivity contribution in [3.63, 3.8) is 0 Å². The molecule has 1 atom stereocenters. The molecule has 20 heavy (non-hydrogen) atoms. The summed E-state index contributed by atoms with van der Waals surface area (Å²) in [7, 11) is 0. The van der Waals surface area contributed by atoms with Gasteiger partial charge < -0.3 is 10.5 Å². The number of benzene rings is 2. The fourth-order valence-corrected chi connectivity index (χ4v) is 2.58. The highest BCUT2D eigenvalue weighted by Gasteiger charge is 2.17. The molecule has 0 aliphatic heterocycles. The van der Waals surface area contributed by atoms with Crippen molar-refractivity contribution in [3.05, 3.63) is 60.2 Å². The van der Waals surface area contributed by atoms with Gasteiger partial charge in [0, 0.05) is 10.6 Å². The molecule has 3 nitrogen and oxygen atoms in total. The fraction of sp³-hybridized carbons (Fsp3) is 0.188. The number of para-hydroxylation sites is 1. The smallest absolute Gasteiger partial charge is 0.319 e. The van der Waals surface area contributed by atoms with Crippen molar-refractivity contribution in [2.75, 3.05) is 5.73 Å². The molecule has 0 saturated heterocycles. The predicted molar refractivity (Wildman–Crippen MR) is 82.4 cm³/mol. The number of thioether (sulfide) groups is 1. The minimum atomic E-state index is -0.289. The van der Waals surface area contributed by atoms with Gasteiger partial charge in [0.25, 0.3) is 0 Å². The van der Waals surface area contributed by atoms with Crippen LogP contribution in [0, 0.1) is 0 Å². The quantitative estimate of drug-likeness (QED) is 0.519. The molecule has 2 aromatic carbocycles. The molecule has 0 radical (unpaired) electrons. The van der Waals surface area contributed by atoms with Crippen LogP contribution in [0.1, 0.15) is 12.5 Å². The van der Waals surface area contributed by atoms with E-state index in [2.05, 4.69) is 0 Å². The lowest BCUT2D eigenvalue weighted by molar-refractivity contribution is -0.143. The van der Waals surface area contributed by atoms with Crippen molar-refractivity contribution < 1.29 is 9.53 Å². The first kappa shape index (κ1) is 14.5. The summed E-state index contributed by atoms with van der Waals surface area (Å²) in [6, 6.07) is 17.1. The van der Waals surface area contributed by atoms with E-state index >= 15 is 0 Å². The van der Waals surface area contributed by atoms with Crippen molar-refractivity contribution in [1.82, 2.24) is 0 Å². The van der Waals surface area contributed by atoms with Gasteiger partial charge in [-0.3, -0.25) is 4.79 Å². The summed E-state index contributed by atoms with van der Waals surface area (Å²) in [4.78, 5) is 12.8. The highest BCUT2D eigenvalue weighted by Crippen LogP contribution is 2.28. The molecule has 0 aromatic heterocycles. The van der Waals surface area contributed by atoms with Crippen LogP contribution in [0.15, 0.2) is 59.5 Å². The molecule has 104 valence electrons. The van der Waals surface area contributed by atoms with Crippen LogP contribution < -0.4 is 5.73 Å². The zero-order valence-electron chi connectivity index (χ0n) is 11.3. The Morgan fingerprint density at radius 2 is 1.80 bits per heavy atom. The maximum absolute atomic E-state index is 11.9. The Balaban J connectivity index is 1.88. The SMILES string of the molecule is CC(Sc1ccccc1N)C(=O)OCc1ccccc1. The van der Waals surface area contributed by atoms with Crippen molar-refractivity contribution >= 4 is 23.4 Å². The van der Waals surface area contributed by atoms with E-state index in [9.17, 15) is 4.79 Å². The summed E-state index contributed by atoms with van der Waals surface area (Å²) >= 11 is 1.41. The van der Waals surface area contributed by atoms with Gasteiger partial charge in [-0.05, 0) is 24.6 Å². The topological polar surface area (TPSA) is 52.3 Å². The van der Waals surface area contributed by atoms with Crippen LogP contribution in [0.25, 0.3) is 0 Å². The molecular formula is C16H17NO2S. The first-order chi connectivity index (χ1) is 9.66. The summed E-state index contributed by atoms with van der Waals surface area (Å²) in [6.45, 7) is 2.12. The molecular weight excluding hydrogens is 270 g/mol. The number of nitrogen functional groups attached to an aromatic ring is 1. The molecule has 2 aromatic rings. The second-order valence-electron chi connectivity index (χ2n) is 4.39. The van der Waals surface area contributed by atoms with Crippen LogP contribution in [0.2, 0.25) is 0 Å². The van der Waals surface area contributed by atoms with Crippen molar-refractivity contribution in [2.45, 2.75) is 23.7 Å². The highest BCUT2D eigenvalue weighted by atomic mass is 32.2.